The highest BCUT2D eigenvalue weighted by atomic mass is 15.2. The highest BCUT2D eigenvalue weighted by Crippen LogP contribution is 2.47. The van der Waals surface area contributed by atoms with Crippen molar-refractivity contribution in [1.29, 1.82) is 0 Å². The zero-order valence-electron chi connectivity index (χ0n) is 33.3. The Morgan fingerprint density at radius 2 is 0.967 bits per heavy atom. The Hall–Kier alpha value is -7.56. The minimum Gasteiger partial charge on any atom is -0.311 e. The van der Waals surface area contributed by atoms with Crippen molar-refractivity contribution in [3.63, 3.8) is 0 Å². The van der Waals surface area contributed by atoms with Gasteiger partial charge in [0.2, 0.25) is 0 Å². The highest BCUT2D eigenvalue weighted by molar-refractivity contribution is 7.00. The molecule has 10 aromatic rings. The van der Waals surface area contributed by atoms with E-state index in [2.05, 4.69) is 246 Å². The minimum atomic E-state index is -0.468. The van der Waals surface area contributed by atoms with Crippen molar-refractivity contribution in [2.24, 2.45) is 0 Å². The maximum absolute atomic E-state index is 2.57. The molecule has 1 aromatic heterocycles. The number of aromatic nitrogens is 1. The van der Waals surface area contributed by atoms with Crippen LogP contribution in [0.5, 0.6) is 0 Å². The largest absolute Gasteiger partial charge is 0.311 e. The molecule has 0 radical (unpaired) electrons. The summed E-state index contributed by atoms with van der Waals surface area (Å²) in [4.78, 5) is 4.92. The zero-order valence-corrected chi connectivity index (χ0v) is 33.3. The van der Waals surface area contributed by atoms with Crippen LogP contribution in [0.25, 0.3) is 27.5 Å². The van der Waals surface area contributed by atoms with Crippen molar-refractivity contribution in [3.8, 4) is 5.69 Å². The van der Waals surface area contributed by atoms with E-state index in [9.17, 15) is 0 Å². The minimum absolute atomic E-state index is 0.00943. The maximum atomic E-state index is 2.57. The molecule has 282 valence electrons. The molecule has 9 aromatic carbocycles. The molecule has 0 aliphatic carbocycles. The fourth-order valence-corrected chi connectivity index (χ4v) is 10.3. The molecule has 4 heteroatoms. The van der Waals surface area contributed by atoms with Gasteiger partial charge in [0.1, 0.15) is 0 Å². The molecular weight excluding hydrogens is 725 g/mol. The Morgan fingerprint density at radius 3 is 1.62 bits per heavy atom. The van der Waals surface area contributed by atoms with E-state index in [-0.39, 0.29) is 6.71 Å². The second kappa shape index (κ2) is 13.5. The first-order valence-electron chi connectivity index (χ1n) is 20.9. The third-order valence-corrected chi connectivity index (χ3v) is 13.1. The van der Waals surface area contributed by atoms with E-state index in [1.54, 1.807) is 0 Å². The van der Waals surface area contributed by atoms with E-state index in [0.717, 1.165) is 22.7 Å². The first-order chi connectivity index (χ1) is 29.7. The number of para-hydroxylation sites is 5. The third kappa shape index (κ3) is 5.04. The van der Waals surface area contributed by atoms with Crippen LogP contribution in [-0.4, -0.2) is 11.3 Å². The van der Waals surface area contributed by atoms with Gasteiger partial charge in [-0.05, 0) is 107 Å². The van der Waals surface area contributed by atoms with Gasteiger partial charge in [-0.25, -0.2) is 0 Å². The van der Waals surface area contributed by atoms with Crippen LogP contribution in [0, 0.1) is 0 Å². The summed E-state index contributed by atoms with van der Waals surface area (Å²) in [7, 11) is 0. The lowest BCUT2D eigenvalue weighted by Crippen LogP contribution is -2.60. The third-order valence-electron chi connectivity index (χ3n) is 13.1. The van der Waals surface area contributed by atoms with E-state index in [0.29, 0.717) is 0 Å². The maximum Gasteiger partial charge on any atom is 0.252 e. The number of fused-ring (bicyclic) bond motifs is 7. The van der Waals surface area contributed by atoms with E-state index >= 15 is 0 Å². The van der Waals surface area contributed by atoms with Crippen molar-refractivity contribution in [2.75, 3.05) is 9.80 Å². The summed E-state index contributed by atoms with van der Waals surface area (Å²) in [5.41, 5.74) is 17.8. The van der Waals surface area contributed by atoms with Gasteiger partial charge >= 0.3 is 0 Å². The van der Waals surface area contributed by atoms with Crippen molar-refractivity contribution in [2.45, 2.75) is 12.3 Å². The van der Waals surface area contributed by atoms with Crippen LogP contribution < -0.4 is 26.2 Å². The first-order valence-corrected chi connectivity index (χ1v) is 20.9. The molecule has 3 heterocycles. The predicted molar refractivity (Wildman–Crippen MR) is 253 cm³/mol. The molecule has 0 fully saturated rings. The molecule has 2 aliphatic heterocycles. The Bertz CT molecular complexity index is 3140. The Kier molecular flexibility index (Phi) is 7.76. The summed E-state index contributed by atoms with van der Waals surface area (Å²) in [6, 6.07) is 82.6. The van der Waals surface area contributed by atoms with Gasteiger partial charge < -0.3 is 14.4 Å². The Morgan fingerprint density at radius 1 is 0.417 bits per heavy atom. The highest BCUT2D eigenvalue weighted by Gasteiger charge is 2.44. The molecule has 0 amide bonds. The summed E-state index contributed by atoms with van der Waals surface area (Å²) in [6.45, 7) is 2.42. The molecule has 60 heavy (non-hydrogen) atoms. The molecule has 0 bridgehead atoms. The van der Waals surface area contributed by atoms with Gasteiger partial charge in [0, 0.05) is 61.5 Å². The van der Waals surface area contributed by atoms with Gasteiger partial charge in [-0.2, -0.15) is 0 Å². The number of hydrogen-bond acceptors (Lipinski definition) is 2. The lowest BCUT2D eigenvalue weighted by Gasteiger charge is -2.42. The van der Waals surface area contributed by atoms with Crippen LogP contribution >= 0.6 is 0 Å². The van der Waals surface area contributed by atoms with Gasteiger partial charge in [0.15, 0.2) is 0 Å². The molecular formula is C56H40BN3. The van der Waals surface area contributed by atoms with Crippen molar-refractivity contribution in [3.05, 3.63) is 241 Å². The first kappa shape index (κ1) is 34.5. The molecule has 12 rings (SSSR count). The van der Waals surface area contributed by atoms with Crippen LogP contribution in [0.2, 0.25) is 0 Å². The Labute approximate surface area is 351 Å². The predicted octanol–water partition coefficient (Wildman–Crippen LogP) is 12.2. The summed E-state index contributed by atoms with van der Waals surface area (Å²) in [6.07, 6.45) is 0. The van der Waals surface area contributed by atoms with Crippen LogP contribution in [0.3, 0.4) is 0 Å². The quantitative estimate of drug-likeness (QED) is 0.118. The van der Waals surface area contributed by atoms with Crippen LogP contribution in [0.1, 0.15) is 23.6 Å². The summed E-state index contributed by atoms with van der Waals surface area (Å²) >= 11 is 0. The standard InChI is InChI=1S/C56H40BN3/c1-56(39-20-7-2-8-21-39,40-22-9-3-10-23-40)41-36-52-54-53(37-41)60-50-33-18-17-30-46(50)47-31-19-32-49(55(47)60)57(54)48-35-34-45(38-51(48)59(52)44-28-15-6-16-29-44)58(42-24-11-4-12-25-42)43-26-13-5-14-27-43/h2-38H,1H3. The van der Waals surface area contributed by atoms with Gasteiger partial charge in [0.05, 0.1) is 5.52 Å². The molecule has 3 nitrogen and oxygen atoms in total. The van der Waals surface area contributed by atoms with Gasteiger partial charge in [0.25, 0.3) is 6.71 Å². The fraction of sp³-hybridized carbons (Fsp3) is 0.0357. The number of rotatable bonds is 7. The number of anilines is 6. The molecule has 0 N–H and O–H groups in total. The lowest BCUT2D eigenvalue weighted by molar-refractivity contribution is 0.692. The Balaban J connectivity index is 1.22. The topological polar surface area (TPSA) is 11.4 Å². The van der Waals surface area contributed by atoms with Crippen LogP contribution in [0.15, 0.2) is 224 Å². The summed E-state index contributed by atoms with van der Waals surface area (Å²) in [5, 5.41) is 2.57. The average molecular weight is 766 g/mol. The molecule has 0 spiro atoms. The number of hydrogen-bond donors (Lipinski definition) is 0. The van der Waals surface area contributed by atoms with E-state index in [1.165, 1.54) is 71.9 Å². The summed E-state index contributed by atoms with van der Waals surface area (Å²) in [5.74, 6) is 0. The van der Waals surface area contributed by atoms with E-state index in [1.807, 2.05) is 0 Å². The number of nitrogens with zero attached hydrogens (tertiary/aromatic N) is 3. The summed E-state index contributed by atoms with van der Waals surface area (Å²) < 4.78 is 2.57. The second-order valence-electron chi connectivity index (χ2n) is 16.2. The van der Waals surface area contributed by atoms with Crippen LogP contribution in [0.4, 0.5) is 34.1 Å². The average Bonchev–Trinajstić information content (AvgIpc) is 3.66. The van der Waals surface area contributed by atoms with Gasteiger partial charge in [-0.1, -0.05) is 158 Å². The van der Waals surface area contributed by atoms with Crippen molar-refractivity contribution in [1.82, 2.24) is 4.57 Å². The van der Waals surface area contributed by atoms with E-state index in [4.69, 9.17) is 0 Å². The number of benzene rings is 9. The van der Waals surface area contributed by atoms with Gasteiger partial charge in [-0.3, -0.25) is 0 Å². The van der Waals surface area contributed by atoms with Crippen molar-refractivity contribution >= 4 is 79.0 Å². The smallest absolute Gasteiger partial charge is 0.252 e. The van der Waals surface area contributed by atoms with Gasteiger partial charge in [-0.15, -0.1) is 0 Å². The normalized spacial score (nSPS) is 12.7. The second-order valence-corrected chi connectivity index (χ2v) is 16.2. The fourth-order valence-electron chi connectivity index (χ4n) is 10.3. The van der Waals surface area contributed by atoms with E-state index < -0.39 is 5.41 Å². The monoisotopic (exact) mass is 765 g/mol. The molecule has 0 saturated heterocycles. The van der Waals surface area contributed by atoms with Crippen molar-refractivity contribution < 1.29 is 0 Å². The van der Waals surface area contributed by atoms with Crippen LogP contribution in [-0.2, 0) is 5.41 Å². The zero-order chi connectivity index (χ0) is 39.8. The molecule has 0 saturated carbocycles. The molecule has 0 unspecified atom stereocenters. The lowest BCUT2D eigenvalue weighted by atomic mass is 9.33. The molecule has 0 atom stereocenters. The SMILES string of the molecule is CC(c1ccccc1)(c1ccccc1)c1cc2c3c(c1)-n1c4ccccc4c4cccc(c41)B3c1ccc(N(c3ccccc3)c3ccccc3)cc1N2c1ccccc1. The molecule has 2 aliphatic rings.